The molecule has 1 atom stereocenters. The van der Waals surface area contributed by atoms with Gasteiger partial charge in [0.1, 0.15) is 6.54 Å². The van der Waals surface area contributed by atoms with E-state index in [-0.39, 0.29) is 24.4 Å². The van der Waals surface area contributed by atoms with Crippen molar-refractivity contribution < 1.29 is 9.59 Å². The molecule has 2 rings (SSSR count). The van der Waals surface area contributed by atoms with Crippen LogP contribution in [0.15, 0.2) is 29.4 Å². The number of carbonyl (C=O) groups is 2. The van der Waals surface area contributed by atoms with Gasteiger partial charge in [-0.25, -0.2) is 4.99 Å². The van der Waals surface area contributed by atoms with Crippen LogP contribution in [0, 0.1) is 0 Å². The molecule has 1 saturated heterocycles. The summed E-state index contributed by atoms with van der Waals surface area (Å²) in [5, 5.41) is 6.52. The SMILES string of the molecule is CCNC(=NCC(=O)N(C)CCc1ccccn1)NC1CCN(C(=O)CC)C1. The topological polar surface area (TPSA) is 89.9 Å². The normalized spacial score (nSPS) is 16.8. The third kappa shape index (κ3) is 6.83. The number of aliphatic imine (C=N–C) groups is 1. The second-order valence-corrected chi connectivity index (χ2v) is 6.90. The number of aromatic nitrogens is 1. The molecule has 0 spiro atoms. The molecule has 28 heavy (non-hydrogen) atoms. The largest absolute Gasteiger partial charge is 0.357 e. The summed E-state index contributed by atoms with van der Waals surface area (Å²) < 4.78 is 0. The van der Waals surface area contributed by atoms with Crippen molar-refractivity contribution in [1.82, 2.24) is 25.4 Å². The minimum Gasteiger partial charge on any atom is -0.357 e. The summed E-state index contributed by atoms with van der Waals surface area (Å²) >= 11 is 0. The Hall–Kier alpha value is -2.64. The van der Waals surface area contributed by atoms with E-state index in [1.807, 2.05) is 36.9 Å². The van der Waals surface area contributed by atoms with Crippen molar-refractivity contribution in [1.29, 1.82) is 0 Å². The van der Waals surface area contributed by atoms with Gasteiger partial charge in [-0.2, -0.15) is 0 Å². The summed E-state index contributed by atoms with van der Waals surface area (Å²) in [7, 11) is 1.78. The summed E-state index contributed by atoms with van der Waals surface area (Å²) in [4.78, 5) is 36.5. The first kappa shape index (κ1) is 21.7. The molecule has 2 heterocycles. The highest BCUT2D eigenvalue weighted by molar-refractivity contribution is 5.85. The van der Waals surface area contributed by atoms with Crippen LogP contribution in [0.4, 0.5) is 0 Å². The maximum Gasteiger partial charge on any atom is 0.244 e. The molecular formula is C20H32N6O2. The van der Waals surface area contributed by atoms with E-state index >= 15 is 0 Å². The van der Waals surface area contributed by atoms with Crippen molar-refractivity contribution in [2.24, 2.45) is 4.99 Å². The number of hydrogen-bond donors (Lipinski definition) is 2. The average Bonchev–Trinajstić information content (AvgIpc) is 3.18. The molecule has 0 bridgehead atoms. The number of likely N-dealkylation sites (tertiary alicyclic amines) is 1. The highest BCUT2D eigenvalue weighted by Gasteiger charge is 2.25. The van der Waals surface area contributed by atoms with E-state index in [2.05, 4.69) is 20.6 Å². The van der Waals surface area contributed by atoms with E-state index in [0.717, 1.165) is 18.7 Å². The smallest absolute Gasteiger partial charge is 0.244 e. The number of likely N-dealkylation sites (N-methyl/N-ethyl adjacent to an activating group) is 1. The minimum atomic E-state index is -0.0395. The van der Waals surface area contributed by atoms with Gasteiger partial charge in [-0.15, -0.1) is 0 Å². The van der Waals surface area contributed by atoms with Crippen LogP contribution in [0.3, 0.4) is 0 Å². The van der Waals surface area contributed by atoms with Gasteiger partial charge in [0.25, 0.3) is 0 Å². The van der Waals surface area contributed by atoms with Gasteiger partial charge < -0.3 is 20.4 Å². The molecule has 0 aromatic carbocycles. The van der Waals surface area contributed by atoms with Gasteiger partial charge in [0, 0.05) is 64.0 Å². The molecule has 1 aliphatic rings. The highest BCUT2D eigenvalue weighted by Crippen LogP contribution is 2.10. The summed E-state index contributed by atoms with van der Waals surface area (Å²) in [6.07, 6.45) is 3.89. The third-order valence-corrected chi connectivity index (χ3v) is 4.76. The van der Waals surface area contributed by atoms with Crippen molar-refractivity contribution in [3.05, 3.63) is 30.1 Å². The number of nitrogens with one attached hydrogen (secondary N) is 2. The Balaban J connectivity index is 1.82. The molecule has 1 aliphatic heterocycles. The number of amides is 2. The Morgan fingerprint density at radius 1 is 1.36 bits per heavy atom. The van der Waals surface area contributed by atoms with E-state index in [1.54, 1.807) is 18.1 Å². The maximum atomic E-state index is 12.4. The predicted octanol–water partition coefficient (Wildman–Crippen LogP) is 0.649. The monoisotopic (exact) mass is 388 g/mol. The molecule has 1 unspecified atom stereocenters. The zero-order valence-electron chi connectivity index (χ0n) is 17.1. The lowest BCUT2D eigenvalue weighted by atomic mass is 10.2. The predicted molar refractivity (Wildman–Crippen MR) is 110 cm³/mol. The Kier molecular flexibility index (Phi) is 8.71. The van der Waals surface area contributed by atoms with Crippen LogP contribution < -0.4 is 10.6 Å². The lowest BCUT2D eigenvalue weighted by Gasteiger charge is -2.19. The van der Waals surface area contributed by atoms with Crippen molar-refractivity contribution in [2.75, 3.05) is 39.8 Å². The van der Waals surface area contributed by atoms with Gasteiger partial charge >= 0.3 is 0 Å². The van der Waals surface area contributed by atoms with Gasteiger partial charge in [0.2, 0.25) is 11.8 Å². The van der Waals surface area contributed by atoms with E-state index in [1.165, 1.54) is 0 Å². The minimum absolute atomic E-state index is 0.0395. The first-order valence-corrected chi connectivity index (χ1v) is 10.00. The van der Waals surface area contributed by atoms with Gasteiger partial charge in [-0.3, -0.25) is 14.6 Å². The van der Waals surface area contributed by atoms with Crippen molar-refractivity contribution in [3.8, 4) is 0 Å². The second-order valence-electron chi connectivity index (χ2n) is 6.90. The molecule has 0 aliphatic carbocycles. The van der Waals surface area contributed by atoms with E-state index in [9.17, 15) is 9.59 Å². The van der Waals surface area contributed by atoms with Crippen LogP contribution in [0.1, 0.15) is 32.4 Å². The van der Waals surface area contributed by atoms with Crippen LogP contribution >= 0.6 is 0 Å². The van der Waals surface area contributed by atoms with Gasteiger partial charge in [0.05, 0.1) is 0 Å². The lowest BCUT2D eigenvalue weighted by molar-refractivity contribution is -0.130. The van der Waals surface area contributed by atoms with E-state index < -0.39 is 0 Å². The molecular weight excluding hydrogens is 356 g/mol. The fourth-order valence-corrected chi connectivity index (χ4v) is 3.06. The average molecular weight is 389 g/mol. The Morgan fingerprint density at radius 2 is 2.18 bits per heavy atom. The molecule has 0 radical (unpaired) electrons. The van der Waals surface area contributed by atoms with Crippen molar-refractivity contribution >= 4 is 17.8 Å². The summed E-state index contributed by atoms with van der Waals surface area (Å²) in [5.41, 5.74) is 0.966. The van der Waals surface area contributed by atoms with E-state index in [4.69, 9.17) is 0 Å². The molecule has 2 amide bonds. The lowest BCUT2D eigenvalue weighted by Crippen LogP contribution is -2.45. The zero-order chi connectivity index (χ0) is 20.4. The summed E-state index contributed by atoms with van der Waals surface area (Å²) in [6, 6.07) is 5.94. The molecule has 8 heteroatoms. The first-order chi connectivity index (χ1) is 13.5. The summed E-state index contributed by atoms with van der Waals surface area (Å²) in [5.74, 6) is 0.753. The fourth-order valence-electron chi connectivity index (χ4n) is 3.06. The number of rotatable bonds is 8. The third-order valence-electron chi connectivity index (χ3n) is 4.76. The number of nitrogens with zero attached hydrogens (tertiary/aromatic N) is 4. The molecule has 8 nitrogen and oxygen atoms in total. The van der Waals surface area contributed by atoms with Crippen LogP contribution in [-0.4, -0.2) is 78.4 Å². The zero-order valence-corrected chi connectivity index (χ0v) is 17.1. The number of carbonyl (C=O) groups excluding carboxylic acids is 2. The molecule has 154 valence electrons. The number of guanidine groups is 1. The van der Waals surface area contributed by atoms with Gasteiger partial charge in [-0.05, 0) is 25.5 Å². The maximum absolute atomic E-state index is 12.4. The fraction of sp³-hybridized carbons (Fsp3) is 0.600. The first-order valence-electron chi connectivity index (χ1n) is 10.00. The molecule has 1 aromatic rings. The summed E-state index contributed by atoms with van der Waals surface area (Å²) in [6.45, 7) is 6.70. The Morgan fingerprint density at radius 3 is 2.86 bits per heavy atom. The standard InChI is InChI=1S/C20H32N6O2/c1-4-18(27)26-13-10-17(15-26)24-20(21-5-2)23-14-19(28)25(3)12-9-16-8-6-7-11-22-16/h6-8,11,17H,4-5,9-10,12-15H2,1-3H3,(H2,21,23,24). The van der Waals surface area contributed by atoms with Crippen LogP contribution in [-0.2, 0) is 16.0 Å². The molecule has 2 N–H and O–H groups in total. The van der Waals surface area contributed by atoms with Gasteiger partial charge in [0.15, 0.2) is 5.96 Å². The van der Waals surface area contributed by atoms with Crippen molar-refractivity contribution in [3.63, 3.8) is 0 Å². The van der Waals surface area contributed by atoms with Gasteiger partial charge in [-0.1, -0.05) is 13.0 Å². The van der Waals surface area contributed by atoms with E-state index in [0.29, 0.717) is 38.4 Å². The number of pyridine rings is 1. The van der Waals surface area contributed by atoms with Crippen LogP contribution in [0.2, 0.25) is 0 Å². The highest BCUT2D eigenvalue weighted by atomic mass is 16.2. The molecule has 1 fully saturated rings. The van der Waals surface area contributed by atoms with Crippen LogP contribution in [0.25, 0.3) is 0 Å². The quantitative estimate of drug-likeness (QED) is 0.504. The molecule has 1 aromatic heterocycles. The number of hydrogen-bond acceptors (Lipinski definition) is 4. The van der Waals surface area contributed by atoms with Crippen molar-refractivity contribution in [2.45, 2.75) is 39.2 Å². The second kappa shape index (κ2) is 11.3. The molecule has 0 saturated carbocycles. The van der Waals surface area contributed by atoms with Crippen LogP contribution in [0.5, 0.6) is 0 Å². The Labute approximate surface area is 167 Å². The Bertz CT molecular complexity index is 664.